The quantitative estimate of drug-likeness (QED) is 0.0244. The number of hydrogen-bond acceptors (Lipinski definition) is 16. The highest BCUT2D eigenvalue weighted by molar-refractivity contribution is 7.14. The number of benzene rings is 4. The van der Waals surface area contributed by atoms with Crippen LogP contribution in [0.4, 0.5) is 37.6 Å². The van der Waals surface area contributed by atoms with Gasteiger partial charge in [-0.05, 0) is 111 Å². The number of carbonyl (C=O) groups excluding carboxylic acids is 4. The van der Waals surface area contributed by atoms with Crippen molar-refractivity contribution in [3.05, 3.63) is 142 Å². The molecule has 0 saturated carbocycles. The number of methoxy groups -OCH3 is 1. The van der Waals surface area contributed by atoms with Gasteiger partial charge in [0.2, 0.25) is 17.7 Å². The van der Waals surface area contributed by atoms with E-state index in [2.05, 4.69) is 41.0 Å². The van der Waals surface area contributed by atoms with Crippen molar-refractivity contribution in [1.82, 2.24) is 44.9 Å². The Labute approximate surface area is 525 Å². The first kappa shape index (κ1) is 69.7. The van der Waals surface area contributed by atoms with Crippen molar-refractivity contribution in [2.75, 3.05) is 131 Å². The number of carbonyl (C=O) groups is 4. The fraction of sp³-hybridized carbons (Fsp3) is 0.476. The van der Waals surface area contributed by atoms with Crippen molar-refractivity contribution in [3.8, 4) is 17.2 Å². The molecule has 3 N–H and O–H groups in total. The lowest BCUT2D eigenvalue weighted by molar-refractivity contribution is -0.152. The van der Waals surface area contributed by atoms with E-state index >= 15 is 0 Å². The summed E-state index contributed by atoms with van der Waals surface area (Å²) >= 11 is 1.27. The number of aromatic nitrogens is 4. The zero-order valence-electron chi connectivity index (χ0n) is 51.0. The number of urea groups is 1. The lowest BCUT2D eigenvalue weighted by Gasteiger charge is -2.32. The average Bonchev–Trinajstić information content (AvgIpc) is 1.87. The van der Waals surface area contributed by atoms with Crippen LogP contribution in [0.5, 0.6) is 17.2 Å². The number of nitrogens with one attached hydrogen (secondary N) is 3. The number of ether oxygens (including phenoxy) is 6. The molecule has 6 aromatic rings. The molecule has 21 nitrogen and oxygen atoms in total. The summed E-state index contributed by atoms with van der Waals surface area (Å²) in [6, 6.07) is 23.5. The van der Waals surface area contributed by atoms with Crippen LogP contribution in [0.3, 0.4) is 0 Å². The molecule has 1 saturated heterocycles. The Bertz CT molecular complexity index is 3120. The van der Waals surface area contributed by atoms with E-state index in [1.54, 1.807) is 82.9 Å². The molecular weight excluding hydrogens is 1200 g/mol. The van der Waals surface area contributed by atoms with Crippen molar-refractivity contribution in [1.29, 1.82) is 0 Å². The third kappa shape index (κ3) is 24.9. The molecule has 488 valence electrons. The number of alkyl halides is 5. The molecular formula is C63H80F5N11O10S. The standard InChI is InChI=1S/C63H80F5N11O10S/c1-75(25-4-5-33-88-54-18-9-46(10-19-54)13-22-56(80)79(26-24-63(66,67)68)58(48-7-6-8-49(41-48)59(64)65)60(82)69-43-47-11-16-53(84-3)17-12-47)31-35-86-38-37-85-34-23-51-44-78(74-73-51)32-36-87-39-40-89-55-20-14-50(15-21-55)70-61(83)72-62-71-52(45-90-62)42-57(81)77-29-27-76(2)28-30-77/h6-12,14-21,41,44-45,58-59H,4-5,13,22-40,42-43H2,1-3H3,(H,69,82)(H2,70,71,72,83). The van der Waals surface area contributed by atoms with Crippen molar-refractivity contribution < 1.29 is 69.6 Å². The number of halogens is 5. The lowest BCUT2D eigenvalue weighted by atomic mass is 10.00. The first-order chi connectivity index (χ1) is 43.5. The number of aryl methyl sites for hydroxylation is 1. The van der Waals surface area contributed by atoms with Crippen LogP contribution in [0.1, 0.15) is 71.8 Å². The molecule has 1 atom stereocenters. The molecule has 1 unspecified atom stereocenters. The second-order valence-electron chi connectivity index (χ2n) is 21.4. The van der Waals surface area contributed by atoms with Crippen molar-refractivity contribution in [2.24, 2.45) is 0 Å². The largest absolute Gasteiger partial charge is 0.497 e. The van der Waals surface area contributed by atoms with Gasteiger partial charge in [-0.25, -0.2) is 23.2 Å². The molecule has 3 heterocycles. The first-order valence-electron chi connectivity index (χ1n) is 29.9. The molecule has 27 heteroatoms. The third-order valence-corrected chi connectivity index (χ3v) is 15.3. The lowest BCUT2D eigenvalue weighted by Crippen LogP contribution is -2.47. The zero-order valence-corrected chi connectivity index (χ0v) is 51.8. The van der Waals surface area contributed by atoms with Crippen LogP contribution in [-0.2, 0) is 60.9 Å². The molecule has 1 fully saturated rings. The monoisotopic (exact) mass is 1280 g/mol. The summed E-state index contributed by atoms with van der Waals surface area (Å²) in [5, 5.41) is 18.8. The number of hydrogen-bond donors (Lipinski definition) is 3. The summed E-state index contributed by atoms with van der Waals surface area (Å²) in [6.07, 6.45) is -4.76. The molecule has 90 heavy (non-hydrogen) atoms. The fourth-order valence-corrected chi connectivity index (χ4v) is 10.1. The summed E-state index contributed by atoms with van der Waals surface area (Å²) in [7, 11) is 5.56. The Balaban J connectivity index is 0.689. The second-order valence-corrected chi connectivity index (χ2v) is 22.3. The van der Waals surface area contributed by atoms with E-state index < -0.39 is 55.0 Å². The highest BCUT2D eigenvalue weighted by atomic mass is 32.1. The highest BCUT2D eigenvalue weighted by Crippen LogP contribution is 2.30. The van der Waals surface area contributed by atoms with Gasteiger partial charge in [-0.2, -0.15) is 13.2 Å². The zero-order chi connectivity index (χ0) is 64.1. The van der Waals surface area contributed by atoms with Crippen LogP contribution >= 0.6 is 11.3 Å². The van der Waals surface area contributed by atoms with Crippen LogP contribution in [0.15, 0.2) is 109 Å². The second kappa shape index (κ2) is 36.7. The predicted molar refractivity (Wildman–Crippen MR) is 329 cm³/mol. The van der Waals surface area contributed by atoms with Gasteiger partial charge in [-0.1, -0.05) is 47.7 Å². The SMILES string of the molecule is COc1ccc(CNC(=O)C(c2cccc(C(F)F)c2)N(CCC(F)(F)F)C(=O)CCc2ccc(OCCCCN(C)CCOCCOCCc3cn(CCOCCOc4ccc(NC(=O)Nc5nc(CC(=O)N6CCN(C)CC6)cs5)cc4)nn3)cc2)cc1. The molecule has 5 amide bonds. The van der Waals surface area contributed by atoms with Gasteiger partial charge in [0.1, 0.15) is 29.9 Å². The van der Waals surface area contributed by atoms with E-state index in [0.717, 1.165) is 61.7 Å². The van der Waals surface area contributed by atoms with Crippen LogP contribution < -0.4 is 30.2 Å². The van der Waals surface area contributed by atoms with Crippen LogP contribution in [0.2, 0.25) is 0 Å². The van der Waals surface area contributed by atoms with Crippen LogP contribution in [0.25, 0.3) is 0 Å². The number of likely N-dealkylation sites (N-methyl/N-ethyl adjacent to an activating group) is 2. The van der Waals surface area contributed by atoms with Crippen molar-refractivity contribution >= 4 is 45.9 Å². The summed E-state index contributed by atoms with van der Waals surface area (Å²) in [5.74, 6) is 0.275. The molecule has 4 aromatic carbocycles. The maximum absolute atomic E-state index is 13.9. The van der Waals surface area contributed by atoms with Crippen LogP contribution in [-0.4, -0.2) is 189 Å². The molecule has 1 aliphatic rings. The van der Waals surface area contributed by atoms with E-state index in [9.17, 15) is 41.1 Å². The molecule has 0 spiro atoms. The number of amides is 5. The molecule has 1 aliphatic heterocycles. The Morgan fingerprint density at radius 2 is 1.38 bits per heavy atom. The molecule has 7 rings (SSSR count). The Kier molecular flexibility index (Phi) is 28.4. The fourth-order valence-electron chi connectivity index (χ4n) is 9.37. The number of thiazole rings is 1. The highest BCUT2D eigenvalue weighted by Gasteiger charge is 2.36. The number of anilines is 2. The summed E-state index contributed by atoms with van der Waals surface area (Å²) in [5.41, 5.74) is 2.88. The van der Waals surface area contributed by atoms with Gasteiger partial charge in [-0.15, -0.1) is 16.4 Å². The van der Waals surface area contributed by atoms with Gasteiger partial charge >= 0.3 is 12.2 Å². The maximum Gasteiger partial charge on any atom is 0.390 e. The molecule has 0 aliphatic carbocycles. The Hall–Kier alpha value is -7.82. The van der Waals surface area contributed by atoms with Gasteiger partial charge in [0.25, 0.3) is 6.43 Å². The number of rotatable bonds is 38. The summed E-state index contributed by atoms with van der Waals surface area (Å²) in [4.78, 5) is 64.4. The summed E-state index contributed by atoms with van der Waals surface area (Å²) in [6.45, 7) is 7.81. The number of nitrogens with zero attached hydrogens (tertiary/aromatic N) is 8. The topological polar surface area (TPSA) is 216 Å². The van der Waals surface area contributed by atoms with Gasteiger partial charge in [0.15, 0.2) is 5.13 Å². The van der Waals surface area contributed by atoms with Crippen molar-refractivity contribution in [2.45, 2.75) is 76.7 Å². The minimum atomic E-state index is -4.67. The summed E-state index contributed by atoms with van der Waals surface area (Å²) < 4.78 is 105. The van der Waals surface area contributed by atoms with Crippen LogP contribution in [0, 0.1) is 0 Å². The third-order valence-electron chi connectivity index (χ3n) is 14.5. The minimum absolute atomic E-state index is 0.0335. The van der Waals surface area contributed by atoms with E-state index in [4.69, 9.17) is 28.4 Å². The maximum atomic E-state index is 13.9. The number of unbranched alkanes of at least 4 members (excludes halogenated alkanes) is 1. The normalized spacial score (nSPS) is 13.1. The van der Waals surface area contributed by atoms with E-state index in [0.29, 0.717) is 124 Å². The average molecular weight is 1280 g/mol. The minimum Gasteiger partial charge on any atom is -0.497 e. The molecule has 0 bridgehead atoms. The predicted octanol–water partition coefficient (Wildman–Crippen LogP) is 8.87. The Morgan fingerprint density at radius 1 is 0.711 bits per heavy atom. The van der Waals surface area contributed by atoms with Gasteiger partial charge < -0.3 is 58.7 Å². The van der Waals surface area contributed by atoms with Gasteiger partial charge in [0.05, 0.1) is 84.1 Å². The smallest absolute Gasteiger partial charge is 0.390 e. The van der Waals surface area contributed by atoms with E-state index in [1.807, 2.05) is 25.2 Å². The van der Waals surface area contributed by atoms with E-state index in [1.165, 1.54) is 30.6 Å². The van der Waals surface area contributed by atoms with Crippen molar-refractivity contribution in [3.63, 3.8) is 0 Å². The Morgan fingerprint density at radius 3 is 2.10 bits per heavy atom. The van der Waals surface area contributed by atoms with Gasteiger partial charge in [-0.3, -0.25) is 19.7 Å². The van der Waals surface area contributed by atoms with Gasteiger partial charge in [0, 0.05) is 81.5 Å². The molecule has 2 aromatic heterocycles. The van der Waals surface area contributed by atoms with E-state index in [-0.39, 0.29) is 37.3 Å². The first-order valence-corrected chi connectivity index (χ1v) is 30.7. The number of piperazine rings is 1. The molecule has 0 radical (unpaired) electrons.